The summed E-state index contributed by atoms with van der Waals surface area (Å²) >= 11 is 0. The normalized spacial score (nSPS) is 23.5. The summed E-state index contributed by atoms with van der Waals surface area (Å²) in [7, 11) is 0. The second-order valence-corrected chi connectivity index (χ2v) is 6.52. The molecule has 0 saturated carbocycles. The molecule has 1 heterocycles. The van der Waals surface area contributed by atoms with Gasteiger partial charge in [-0.15, -0.1) is 0 Å². The second-order valence-electron chi connectivity index (χ2n) is 6.52. The molecule has 110 valence electrons. The molecule has 1 saturated heterocycles. The van der Waals surface area contributed by atoms with E-state index in [2.05, 4.69) is 38.3 Å². The van der Waals surface area contributed by atoms with Gasteiger partial charge in [-0.1, -0.05) is 18.2 Å². The van der Waals surface area contributed by atoms with Crippen LogP contribution in [0.15, 0.2) is 30.3 Å². The van der Waals surface area contributed by atoms with E-state index >= 15 is 0 Å². The highest BCUT2D eigenvalue weighted by atomic mass is 16.5. The van der Waals surface area contributed by atoms with Crippen molar-refractivity contribution < 1.29 is 9.53 Å². The molecule has 0 aliphatic carbocycles. The minimum Gasteiger partial charge on any atom is -0.368 e. The molecule has 1 aliphatic rings. The molecule has 0 bridgehead atoms. The van der Waals surface area contributed by atoms with Crippen molar-refractivity contribution >= 4 is 11.6 Å². The third-order valence-corrected chi connectivity index (χ3v) is 3.64. The van der Waals surface area contributed by atoms with Crippen LogP contribution in [0.5, 0.6) is 0 Å². The maximum absolute atomic E-state index is 11.9. The zero-order valence-corrected chi connectivity index (χ0v) is 12.7. The molecule has 2 N–H and O–H groups in total. The zero-order valence-electron chi connectivity index (χ0n) is 12.7. The summed E-state index contributed by atoms with van der Waals surface area (Å²) in [5, 5.41) is 6.18. The number of ether oxygens (including phenoxy) is 1. The zero-order chi connectivity index (χ0) is 14.8. The van der Waals surface area contributed by atoms with Crippen molar-refractivity contribution in [1.29, 1.82) is 0 Å². The highest BCUT2D eigenvalue weighted by Crippen LogP contribution is 2.37. The number of hydrogen-bond acceptors (Lipinski definition) is 3. The lowest BCUT2D eigenvalue weighted by Gasteiger charge is -2.27. The molecule has 20 heavy (non-hydrogen) atoms. The van der Waals surface area contributed by atoms with Crippen LogP contribution < -0.4 is 10.6 Å². The van der Waals surface area contributed by atoms with E-state index in [4.69, 9.17) is 4.74 Å². The average molecular weight is 276 g/mol. The summed E-state index contributed by atoms with van der Waals surface area (Å²) in [6, 6.07) is 9.67. The average Bonchev–Trinajstić information content (AvgIpc) is 2.55. The molecule has 1 aromatic carbocycles. The predicted octanol–water partition coefficient (Wildman–Crippen LogP) is 2.56. The summed E-state index contributed by atoms with van der Waals surface area (Å²) < 4.78 is 6.01. The minimum absolute atomic E-state index is 0.0308. The number of nitrogens with one attached hydrogen (secondary N) is 2. The number of benzene rings is 1. The van der Waals surface area contributed by atoms with Gasteiger partial charge in [-0.05, 0) is 46.2 Å². The van der Waals surface area contributed by atoms with E-state index in [0.29, 0.717) is 6.54 Å². The third kappa shape index (κ3) is 3.81. The van der Waals surface area contributed by atoms with Crippen LogP contribution in [0.2, 0.25) is 0 Å². The van der Waals surface area contributed by atoms with E-state index in [1.54, 1.807) is 0 Å². The summed E-state index contributed by atoms with van der Waals surface area (Å²) in [4.78, 5) is 11.9. The van der Waals surface area contributed by atoms with Crippen molar-refractivity contribution in [3.63, 3.8) is 0 Å². The highest BCUT2D eigenvalue weighted by molar-refractivity contribution is 5.92. The van der Waals surface area contributed by atoms with Crippen molar-refractivity contribution in [3.05, 3.63) is 30.3 Å². The molecule has 4 heteroatoms. The van der Waals surface area contributed by atoms with E-state index in [1.807, 2.05) is 30.3 Å². The molecule has 0 aromatic heterocycles. The fourth-order valence-electron chi connectivity index (χ4n) is 2.82. The van der Waals surface area contributed by atoms with E-state index in [9.17, 15) is 4.79 Å². The van der Waals surface area contributed by atoms with Gasteiger partial charge >= 0.3 is 0 Å². The smallest absolute Gasteiger partial charge is 0.238 e. The quantitative estimate of drug-likeness (QED) is 0.888. The van der Waals surface area contributed by atoms with E-state index in [-0.39, 0.29) is 23.2 Å². The van der Waals surface area contributed by atoms with Crippen molar-refractivity contribution in [2.45, 2.75) is 51.4 Å². The van der Waals surface area contributed by atoms with Crippen molar-refractivity contribution in [3.8, 4) is 0 Å². The summed E-state index contributed by atoms with van der Waals surface area (Å²) in [5.74, 6) is -0.0308. The Balaban J connectivity index is 1.85. The maximum Gasteiger partial charge on any atom is 0.238 e. The van der Waals surface area contributed by atoms with E-state index in [0.717, 1.165) is 12.1 Å². The Kier molecular flexibility index (Phi) is 4.16. The Morgan fingerprint density at radius 1 is 1.25 bits per heavy atom. The molecule has 4 nitrogen and oxygen atoms in total. The SMILES string of the molecule is CC1(C)CC(NCC(=O)Nc2ccccc2)C(C)(C)O1. The first-order chi connectivity index (χ1) is 9.28. The number of anilines is 1. The van der Waals surface area contributed by atoms with Gasteiger partial charge in [0.1, 0.15) is 0 Å². The number of carbonyl (C=O) groups is 1. The van der Waals surface area contributed by atoms with Crippen LogP contribution in [0.4, 0.5) is 5.69 Å². The van der Waals surface area contributed by atoms with Crippen LogP contribution in [0, 0.1) is 0 Å². The first-order valence-corrected chi connectivity index (χ1v) is 7.07. The molecule has 0 radical (unpaired) electrons. The van der Waals surface area contributed by atoms with Crippen LogP contribution in [0.25, 0.3) is 0 Å². The molecule has 1 aromatic rings. The van der Waals surface area contributed by atoms with Crippen LogP contribution in [-0.2, 0) is 9.53 Å². The number of amides is 1. The topological polar surface area (TPSA) is 50.4 Å². The van der Waals surface area contributed by atoms with Crippen molar-refractivity contribution in [1.82, 2.24) is 5.32 Å². The second kappa shape index (κ2) is 5.54. The summed E-state index contributed by atoms with van der Waals surface area (Å²) in [6.45, 7) is 8.59. The molecular formula is C16H24N2O2. The van der Waals surface area contributed by atoms with E-state index < -0.39 is 0 Å². The van der Waals surface area contributed by atoms with E-state index in [1.165, 1.54) is 0 Å². The molecular weight excluding hydrogens is 252 g/mol. The lowest BCUT2D eigenvalue weighted by Crippen LogP contribution is -2.46. The van der Waals surface area contributed by atoms with Gasteiger partial charge in [0.25, 0.3) is 0 Å². The Hall–Kier alpha value is -1.39. The van der Waals surface area contributed by atoms with Crippen LogP contribution >= 0.6 is 0 Å². The fraction of sp³-hybridized carbons (Fsp3) is 0.562. The van der Waals surface area contributed by atoms with Gasteiger partial charge in [0.05, 0.1) is 17.7 Å². The summed E-state index contributed by atoms with van der Waals surface area (Å²) in [6.07, 6.45) is 0.901. The first kappa shape index (κ1) is 15.0. The van der Waals surface area contributed by atoms with Gasteiger partial charge in [0, 0.05) is 11.7 Å². The lowest BCUT2D eigenvalue weighted by atomic mass is 9.94. The largest absolute Gasteiger partial charge is 0.368 e. The monoisotopic (exact) mass is 276 g/mol. The molecule has 1 unspecified atom stereocenters. The van der Waals surface area contributed by atoms with Gasteiger partial charge in [0.2, 0.25) is 5.91 Å². The molecule has 1 atom stereocenters. The van der Waals surface area contributed by atoms with Gasteiger partial charge in [-0.2, -0.15) is 0 Å². The van der Waals surface area contributed by atoms with Gasteiger partial charge in [0.15, 0.2) is 0 Å². The number of carbonyl (C=O) groups excluding carboxylic acids is 1. The molecule has 0 spiro atoms. The Bertz CT molecular complexity index is 469. The molecule has 1 fully saturated rings. The molecule has 2 rings (SSSR count). The standard InChI is InChI=1S/C16H24N2O2/c1-15(2)10-13(16(3,4)20-15)17-11-14(19)18-12-8-6-5-7-9-12/h5-9,13,17H,10-11H2,1-4H3,(H,18,19). The maximum atomic E-state index is 11.9. The Morgan fingerprint density at radius 2 is 1.90 bits per heavy atom. The molecule has 1 aliphatic heterocycles. The molecule has 1 amide bonds. The summed E-state index contributed by atoms with van der Waals surface area (Å²) in [5.41, 5.74) is 0.426. The minimum atomic E-state index is -0.253. The number of rotatable bonds is 4. The van der Waals surface area contributed by atoms with Crippen LogP contribution in [0.1, 0.15) is 34.1 Å². The highest BCUT2D eigenvalue weighted by Gasteiger charge is 2.45. The predicted molar refractivity (Wildman–Crippen MR) is 80.7 cm³/mol. The van der Waals surface area contributed by atoms with Gasteiger partial charge in [-0.25, -0.2) is 0 Å². The van der Waals surface area contributed by atoms with Gasteiger partial charge < -0.3 is 15.4 Å². The fourth-order valence-corrected chi connectivity index (χ4v) is 2.82. The number of hydrogen-bond donors (Lipinski definition) is 2. The van der Waals surface area contributed by atoms with Gasteiger partial charge in [-0.3, -0.25) is 4.79 Å². The third-order valence-electron chi connectivity index (χ3n) is 3.64. The number of para-hydroxylation sites is 1. The van der Waals surface area contributed by atoms with Crippen LogP contribution in [0.3, 0.4) is 0 Å². The Labute approximate surface area is 120 Å². The first-order valence-electron chi connectivity index (χ1n) is 7.07. The Morgan fingerprint density at radius 3 is 2.45 bits per heavy atom. The van der Waals surface area contributed by atoms with Crippen molar-refractivity contribution in [2.75, 3.05) is 11.9 Å². The lowest BCUT2D eigenvalue weighted by molar-refractivity contribution is -0.115. The van der Waals surface area contributed by atoms with Crippen molar-refractivity contribution in [2.24, 2.45) is 0 Å². The van der Waals surface area contributed by atoms with Crippen LogP contribution in [-0.4, -0.2) is 29.7 Å².